The third-order valence-corrected chi connectivity index (χ3v) is 12.5. The summed E-state index contributed by atoms with van der Waals surface area (Å²) in [5, 5.41) is 6.62. The van der Waals surface area contributed by atoms with Crippen LogP contribution >= 0.6 is 0 Å². The van der Waals surface area contributed by atoms with Crippen molar-refractivity contribution >= 4 is 71.7 Å². The average molecular weight is 744 g/mol. The van der Waals surface area contributed by atoms with Gasteiger partial charge in [0.25, 0.3) is 0 Å². The van der Waals surface area contributed by atoms with Gasteiger partial charge in [0, 0.05) is 49.5 Å². The van der Waals surface area contributed by atoms with E-state index in [4.69, 9.17) is 8.83 Å². The Kier molecular flexibility index (Phi) is 6.98. The maximum absolute atomic E-state index is 7.32. The number of furan rings is 2. The number of hydrogen-bond donors (Lipinski definition) is 0. The summed E-state index contributed by atoms with van der Waals surface area (Å²) >= 11 is 0. The van der Waals surface area contributed by atoms with Crippen molar-refractivity contribution in [3.05, 3.63) is 199 Å². The first-order chi connectivity index (χ1) is 28.5. The maximum Gasteiger partial charge on any atom is 0.159 e. The number of nitrogens with zero attached hydrogens (tertiary/aromatic N) is 1. The molecule has 1 aliphatic rings. The van der Waals surface area contributed by atoms with Crippen molar-refractivity contribution in [1.82, 2.24) is 0 Å². The lowest BCUT2D eigenvalue weighted by Gasteiger charge is -2.28. The molecular formula is C55H37NO2. The SMILES string of the molecule is CC1(C)c2ccccc2-c2ccc(N(c3ccc(-c4ccccc4)cc3)c3cccc4c3oc3c(-c5cccc6c5oc5ccccc56)c5ccccc5cc34)cc21. The molecule has 0 saturated carbocycles. The number of anilines is 3. The van der Waals surface area contributed by atoms with Crippen LogP contribution in [0.5, 0.6) is 0 Å². The van der Waals surface area contributed by atoms with Gasteiger partial charge in [-0.1, -0.05) is 159 Å². The molecule has 0 bridgehead atoms. The summed E-state index contributed by atoms with van der Waals surface area (Å²) in [6.07, 6.45) is 0. The second-order valence-electron chi connectivity index (χ2n) is 16.0. The van der Waals surface area contributed by atoms with Gasteiger partial charge in [0.05, 0.1) is 5.69 Å². The van der Waals surface area contributed by atoms with Crippen molar-refractivity contribution in [2.75, 3.05) is 4.90 Å². The average Bonchev–Trinajstić information content (AvgIpc) is 3.92. The molecule has 274 valence electrons. The largest absolute Gasteiger partial charge is 0.455 e. The molecule has 0 atom stereocenters. The van der Waals surface area contributed by atoms with Crippen LogP contribution in [-0.2, 0) is 5.41 Å². The molecule has 0 unspecified atom stereocenters. The lowest BCUT2D eigenvalue weighted by atomic mass is 9.82. The fraction of sp³-hybridized carbons (Fsp3) is 0.0545. The maximum atomic E-state index is 7.32. The van der Waals surface area contributed by atoms with E-state index in [0.29, 0.717) is 0 Å². The number of para-hydroxylation sites is 3. The lowest BCUT2D eigenvalue weighted by molar-refractivity contribution is 0.660. The van der Waals surface area contributed by atoms with Crippen LogP contribution in [0.25, 0.3) is 88.0 Å². The zero-order valence-corrected chi connectivity index (χ0v) is 32.2. The van der Waals surface area contributed by atoms with Crippen molar-refractivity contribution in [2.45, 2.75) is 19.3 Å². The van der Waals surface area contributed by atoms with E-state index in [9.17, 15) is 0 Å². The summed E-state index contributed by atoms with van der Waals surface area (Å²) < 4.78 is 14.0. The summed E-state index contributed by atoms with van der Waals surface area (Å²) in [6.45, 7) is 4.68. The molecule has 2 aromatic heterocycles. The van der Waals surface area contributed by atoms with E-state index in [1.165, 1.54) is 33.4 Å². The zero-order chi connectivity index (χ0) is 38.5. The number of fused-ring (bicyclic) bond motifs is 10. The highest BCUT2D eigenvalue weighted by Gasteiger charge is 2.36. The summed E-state index contributed by atoms with van der Waals surface area (Å²) in [5.74, 6) is 0. The molecule has 0 fully saturated rings. The van der Waals surface area contributed by atoms with Gasteiger partial charge in [0.2, 0.25) is 0 Å². The standard InChI is InChI=1S/C55H37NO2/c1-55(2)47-23-10-8-18-40(47)41-31-30-38(33-48(41)55)56(37-28-26-35(27-29-37)34-14-4-3-5-15-34)49-24-13-21-44-46-32-36-16-6-7-17-39(36)51(54(46)58-53(44)49)45-22-12-20-43-42-19-9-11-25-50(42)57-52(43)45/h3-33H,1-2H3. The van der Waals surface area contributed by atoms with Crippen molar-refractivity contribution in [3.8, 4) is 33.4 Å². The smallest absolute Gasteiger partial charge is 0.159 e. The molecule has 0 radical (unpaired) electrons. The molecule has 11 aromatic rings. The fourth-order valence-corrected chi connectivity index (χ4v) is 9.66. The Bertz CT molecular complexity index is 3420. The summed E-state index contributed by atoms with van der Waals surface area (Å²) in [5.41, 5.74) is 16.1. The molecule has 0 saturated heterocycles. The first-order valence-electron chi connectivity index (χ1n) is 20.0. The molecule has 58 heavy (non-hydrogen) atoms. The van der Waals surface area contributed by atoms with Gasteiger partial charge in [-0.2, -0.15) is 0 Å². The predicted molar refractivity (Wildman–Crippen MR) is 242 cm³/mol. The van der Waals surface area contributed by atoms with Crippen molar-refractivity contribution in [1.29, 1.82) is 0 Å². The van der Waals surface area contributed by atoms with Gasteiger partial charge < -0.3 is 13.7 Å². The highest BCUT2D eigenvalue weighted by Crippen LogP contribution is 2.52. The molecule has 0 N–H and O–H groups in total. The Morgan fingerprint density at radius 1 is 0.397 bits per heavy atom. The van der Waals surface area contributed by atoms with Crippen LogP contribution in [0, 0.1) is 0 Å². The predicted octanol–water partition coefficient (Wildman–Crippen LogP) is 15.7. The Labute approximate surface area is 336 Å². The Balaban J connectivity index is 1.12. The zero-order valence-electron chi connectivity index (χ0n) is 32.2. The minimum atomic E-state index is -0.150. The van der Waals surface area contributed by atoms with Gasteiger partial charge in [-0.15, -0.1) is 0 Å². The molecule has 2 heterocycles. The highest BCUT2D eigenvalue weighted by atomic mass is 16.3. The first-order valence-corrected chi connectivity index (χ1v) is 20.0. The van der Waals surface area contributed by atoms with Crippen LogP contribution < -0.4 is 4.90 Å². The van der Waals surface area contributed by atoms with E-state index in [2.05, 4.69) is 195 Å². The quantitative estimate of drug-likeness (QED) is 0.176. The number of hydrogen-bond acceptors (Lipinski definition) is 3. The molecular weight excluding hydrogens is 707 g/mol. The molecule has 0 aliphatic heterocycles. The Morgan fingerprint density at radius 3 is 1.90 bits per heavy atom. The van der Waals surface area contributed by atoms with Gasteiger partial charge in [0.1, 0.15) is 16.7 Å². The third-order valence-electron chi connectivity index (χ3n) is 12.5. The van der Waals surface area contributed by atoms with E-state index >= 15 is 0 Å². The minimum Gasteiger partial charge on any atom is -0.455 e. The molecule has 3 heteroatoms. The van der Waals surface area contributed by atoms with Crippen molar-refractivity contribution < 1.29 is 8.83 Å². The summed E-state index contributed by atoms with van der Waals surface area (Å²) in [6, 6.07) is 67.5. The van der Waals surface area contributed by atoms with Crippen LogP contribution in [-0.4, -0.2) is 0 Å². The van der Waals surface area contributed by atoms with Crippen LogP contribution in [0.4, 0.5) is 17.1 Å². The molecule has 12 rings (SSSR count). The lowest BCUT2D eigenvalue weighted by Crippen LogP contribution is -2.16. The van der Waals surface area contributed by atoms with E-state index < -0.39 is 0 Å². The van der Waals surface area contributed by atoms with E-state index in [1.54, 1.807) is 0 Å². The van der Waals surface area contributed by atoms with Gasteiger partial charge in [-0.25, -0.2) is 0 Å². The molecule has 0 spiro atoms. The minimum absolute atomic E-state index is 0.150. The van der Waals surface area contributed by atoms with Gasteiger partial charge in [-0.05, 0) is 86.6 Å². The summed E-state index contributed by atoms with van der Waals surface area (Å²) in [7, 11) is 0. The second-order valence-corrected chi connectivity index (χ2v) is 16.0. The van der Waals surface area contributed by atoms with Crippen LogP contribution in [0.1, 0.15) is 25.0 Å². The number of rotatable bonds is 5. The van der Waals surface area contributed by atoms with Crippen molar-refractivity contribution in [3.63, 3.8) is 0 Å². The van der Waals surface area contributed by atoms with E-state index in [0.717, 1.165) is 82.8 Å². The van der Waals surface area contributed by atoms with E-state index in [1.807, 2.05) is 12.1 Å². The van der Waals surface area contributed by atoms with Crippen LogP contribution in [0.15, 0.2) is 197 Å². The molecule has 3 nitrogen and oxygen atoms in total. The molecule has 9 aromatic carbocycles. The first kappa shape index (κ1) is 32.8. The molecule has 0 amide bonds. The van der Waals surface area contributed by atoms with Crippen LogP contribution in [0.3, 0.4) is 0 Å². The Hall–Kier alpha value is -7.36. The second kappa shape index (κ2) is 12.3. The van der Waals surface area contributed by atoms with Gasteiger partial charge in [0.15, 0.2) is 5.58 Å². The van der Waals surface area contributed by atoms with Gasteiger partial charge in [-0.3, -0.25) is 0 Å². The molecule has 1 aliphatic carbocycles. The van der Waals surface area contributed by atoms with Crippen LogP contribution in [0.2, 0.25) is 0 Å². The summed E-state index contributed by atoms with van der Waals surface area (Å²) in [4.78, 5) is 2.37. The normalized spacial score (nSPS) is 13.1. The fourth-order valence-electron chi connectivity index (χ4n) is 9.66. The van der Waals surface area contributed by atoms with Gasteiger partial charge >= 0.3 is 0 Å². The number of benzene rings is 9. The topological polar surface area (TPSA) is 29.5 Å². The van der Waals surface area contributed by atoms with E-state index in [-0.39, 0.29) is 5.41 Å². The Morgan fingerprint density at radius 2 is 1.03 bits per heavy atom. The van der Waals surface area contributed by atoms with Crippen molar-refractivity contribution in [2.24, 2.45) is 0 Å². The third kappa shape index (κ3) is 4.74. The highest BCUT2D eigenvalue weighted by molar-refractivity contribution is 6.23. The monoisotopic (exact) mass is 743 g/mol.